The molecule has 0 aromatic heterocycles. The van der Waals surface area contributed by atoms with E-state index in [1.807, 2.05) is 0 Å². The molecule has 0 amide bonds. The first-order valence-corrected chi connectivity index (χ1v) is 9.69. The minimum absolute atomic E-state index is 0.329. The summed E-state index contributed by atoms with van der Waals surface area (Å²) < 4.78 is 0. The fourth-order valence-electron chi connectivity index (χ4n) is 3.81. The summed E-state index contributed by atoms with van der Waals surface area (Å²) in [6, 6.07) is 0. The van der Waals surface area contributed by atoms with Crippen molar-refractivity contribution in [2.24, 2.45) is 11.8 Å². The zero-order valence-electron chi connectivity index (χ0n) is 14.9. The molecule has 0 aliphatic heterocycles. The Kier molecular flexibility index (Phi) is 10.2. The van der Waals surface area contributed by atoms with Gasteiger partial charge >= 0.3 is 0 Å². The molecule has 2 unspecified atom stereocenters. The van der Waals surface area contributed by atoms with Crippen LogP contribution < -0.4 is 0 Å². The zero-order valence-corrected chi connectivity index (χ0v) is 14.9. The van der Waals surface area contributed by atoms with E-state index < -0.39 is 0 Å². The molecule has 21 heavy (non-hydrogen) atoms. The highest BCUT2D eigenvalue weighted by atomic mass is 14.3. The highest BCUT2D eigenvalue weighted by molar-refractivity contribution is 6.13. The lowest BCUT2D eigenvalue weighted by Gasteiger charge is -2.34. The Balaban J connectivity index is 2.42. The molecule has 0 spiro atoms. The van der Waals surface area contributed by atoms with Gasteiger partial charge in [-0.3, -0.25) is 0 Å². The summed E-state index contributed by atoms with van der Waals surface area (Å²) in [6.45, 7) is 6.93. The second-order valence-electron chi connectivity index (χ2n) is 7.08. The van der Waals surface area contributed by atoms with Crippen molar-refractivity contribution in [3.63, 3.8) is 0 Å². The predicted octanol–water partition coefficient (Wildman–Crippen LogP) is 6.86. The van der Waals surface area contributed by atoms with Gasteiger partial charge in [-0.1, -0.05) is 89.6 Å². The van der Waals surface area contributed by atoms with Crippen molar-refractivity contribution in [1.82, 2.24) is 0 Å². The van der Waals surface area contributed by atoms with E-state index in [4.69, 9.17) is 7.85 Å². The third-order valence-corrected chi connectivity index (χ3v) is 5.30. The molecule has 0 fully saturated rings. The summed E-state index contributed by atoms with van der Waals surface area (Å²) >= 11 is 0. The van der Waals surface area contributed by atoms with Crippen molar-refractivity contribution in [1.29, 1.82) is 0 Å². The molecule has 0 saturated carbocycles. The number of unbranched alkanes of at least 4 members (excludes halogenated alkanes) is 6. The van der Waals surface area contributed by atoms with E-state index in [9.17, 15) is 0 Å². The lowest BCUT2D eigenvalue weighted by molar-refractivity contribution is 0.338. The van der Waals surface area contributed by atoms with E-state index in [1.54, 1.807) is 5.57 Å². The second-order valence-corrected chi connectivity index (χ2v) is 7.08. The Morgan fingerprint density at radius 3 is 2.24 bits per heavy atom. The predicted molar refractivity (Wildman–Crippen MR) is 97.0 cm³/mol. The SMILES string of the molecule is [B]C1C=C(CCCCCC)[C@H](CC)CC1CCCCCC. The Bertz CT molecular complexity index is 282. The van der Waals surface area contributed by atoms with Gasteiger partial charge in [0.25, 0.3) is 0 Å². The van der Waals surface area contributed by atoms with E-state index in [2.05, 4.69) is 26.8 Å². The molecule has 0 heterocycles. The van der Waals surface area contributed by atoms with Gasteiger partial charge in [-0.05, 0) is 37.5 Å². The first-order chi connectivity index (χ1) is 10.2. The molecule has 0 N–H and O–H groups in total. The van der Waals surface area contributed by atoms with Crippen molar-refractivity contribution in [2.45, 2.75) is 104 Å². The summed E-state index contributed by atoms with van der Waals surface area (Å²) in [4.78, 5) is 0. The maximum atomic E-state index is 6.46. The van der Waals surface area contributed by atoms with Crippen LogP contribution >= 0.6 is 0 Å². The molecule has 2 radical (unpaired) electrons. The number of allylic oxidation sites excluding steroid dienone is 2. The van der Waals surface area contributed by atoms with Crippen LogP contribution in [-0.2, 0) is 0 Å². The van der Waals surface area contributed by atoms with Crippen molar-refractivity contribution in [3.05, 3.63) is 11.6 Å². The van der Waals surface area contributed by atoms with Crippen molar-refractivity contribution in [3.8, 4) is 0 Å². The Labute approximate surface area is 135 Å². The highest BCUT2D eigenvalue weighted by Crippen LogP contribution is 2.41. The van der Waals surface area contributed by atoms with Crippen LogP contribution in [-0.4, -0.2) is 7.85 Å². The largest absolute Gasteiger partial charge is 0.0903 e. The molecule has 1 aliphatic rings. The summed E-state index contributed by atoms with van der Waals surface area (Å²) in [7, 11) is 6.46. The van der Waals surface area contributed by atoms with Crippen LogP contribution in [0, 0.1) is 11.8 Å². The summed E-state index contributed by atoms with van der Waals surface area (Å²) in [5.74, 6) is 1.89. The van der Waals surface area contributed by atoms with Gasteiger partial charge in [0, 0.05) is 0 Å². The third-order valence-electron chi connectivity index (χ3n) is 5.30. The maximum Gasteiger partial charge on any atom is 0.0759 e. The Morgan fingerprint density at radius 1 is 0.952 bits per heavy atom. The molecule has 0 aromatic rings. The summed E-state index contributed by atoms with van der Waals surface area (Å²) in [6.07, 6.45) is 18.7. The quantitative estimate of drug-likeness (QED) is 0.221. The number of hydrogen-bond acceptors (Lipinski definition) is 0. The van der Waals surface area contributed by atoms with Gasteiger partial charge in [0.1, 0.15) is 0 Å². The average Bonchev–Trinajstić information content (AvgIpc) is 2.49. The molecule has 0 bridgehead atoms. The number of hydrogen-bond donors (Lipinski definition) is 0. The standard InChI is InChI=1S/C20H37B/c1-4-7-9-11-13-18-16-20(21)19(15-17(18)6-3)14-12-10-8-5-2/h16-17,19-20H,4-15H2,1-3H3/t17-,19?,20?/m1/s1. The maximum absolute atomic E-state index is 6.46. The summed E-state index contributed by atoms with van der Waals surface area (Å²) in [5, 5.41) is 0. The number of rotatable bonds is 11. The van der Waals surface area contributed by atoms with Crippen molar-refractivity contribution >= 4 is 7.85 Å². The van der Waals surface area contributed by atoms with Crippen LogP contribution in [0.2, 0.25) is 5.82 Å². The van der Waals surface area contributed by atoms with Gasteiger partial charge in [0.15, 0.2) is 0 Å². The van der Waals surface area contributed by atoms with E-state index >= 15 is 0 Å². The van der Waals surface area contributed by atoms with Crippen LogP contribution in [0.15, 0.2) is 11.6 Å². The van der Waals surface area contributed by atoms with Gasteiger partial charge in [0.2, 0.25) is 0 Å². The first-order valence-electron chi connectivity index (χ1n) is 9.69. The molecule has 1 heteroatoms. The fraction of sp³-hybridized carbons (Fsp3) is 0.900. The minimum atomic E-state index is 0.329. The lowest BCUT2D eigenvalue weighted by Crippen LogP contribution is -2.21. The van der Waals surface area contributed by atoms with Crippen molar-refractivity contribution < 1.29 is 0 Å². The molecular formula is C20H37B. The van der Waals surface area contributed by atoms with E-state index in [0.717, 1.165) is 11.8 Å². The van der Waals surface area contributed by atoms with Crippen LogP contribution in [0.25, 0.3) is 0 Å². The van der Waals surface area contributed by atoms with Gasteiger partial charge in [-0.25, -0.2) is 0 Å². The van der Waals surface area contributed by atoms with Gasteiger partial charge in [0.05, 0.1) is 7.85 Å². The topological polar surface area (TPSA) is 0 Å². The molecule has 120 valence electrons. The van der Waals surface area contributed by atoms with Gasteiger partial charge in [-0.15, -0.1) is 0 Å². The van der Waals surface area contributed by atoms with Crippen LogP contribution in [0.3, 0.4) is 0 Å². The monoisotopic (exact) mass is 288 g/mol. The zero-order chi connectivity index (χ0) is 15.5. The van der Waals surface area contributed by atoms with E-state index in [1.165, 1.54) is 77.0 Å². The summed E-state index contributed by atoms with van der Waals surface area (Å²) in [5.41, 5.74) is 1.69. The van der Waals surface area contributed by atoms with Gasteiger partial charge in [-0.2, -0.15) is 0 Å². The highest BCUT2D eigenvalue weighted by Gasteiger charge is 2.26. The molecule has 0 saturated heterocycles. The molecule has 0 nitrogen and oxygen atoms in total. The van der Waals surface area contributed by atoms with Crippen molar-refractivity contribution in [2.75, 3.05) is 0 Å². The van der Waals surface area contributed by atoms with Crippen LogP contribution in [0.1, 0.15) is 97.8 Å². The third kappa shape index (κ3) is 7.07. The first kappa shape index (κ1) is 18.9. The van der Waals surface area contributed by atoms with E-state index in [-0.39, 0.29) is 0 Å². The minimum Gasteiger partial charge on any atom is -0.0903 e. The van der Waals surface area contributed by atoms with Gasteiger partial charge < -0.3 is 0 Å². The Morgan fingerprint density at radius 2 is 1.62 bits per heavy atom. The molecule has 1 aliphatic carbocycles. The molecule has 1 rings (SSSR count). The molecule has 3 atom stereocenters. The van der Waals surface area contributed by atoms with Crippen LogP contribution in [0.4, 0.5) is 0 Å². The lowest BCUT2D eigenvalue weighted by atomic mass is 9.64. The second kappa shape index (κ2) is 11.4. The van der Waals surface area contributed by atoms with E-state index in [0.29, 0.717) is 5.82 Å². The molecule has 0 aromatic carbocycles. The smallest absolute Gasteiger partial charge is 0.0759 e. The molecular weight excluding hydrogens is 251 g/mol. The normalized spacial score (nSPS) is 25.9. The van der Waals surface area contributed by atoms with Crippen LogP contribution in [0.5, 0.6) is 0 Å². The fourth-order valence-corrected chi connectivity index (χ4v) is 3.81. The average molecular weight is 288 g/mol. The Hall–Kier alpha value is -0.195.